The lowest BCUT2D eigenvalue weighted by Gasteiger charge is -2.26. The summed E-state index contributed by atoms with van der Waals surface area (Å²) < 4.78 is 44.7. The Labute approximate surface area is 258 Å². The topological polar surface area (TPSA) is 112 Å². The Hall–Kier alpha value is -5.01. The highest BCUT2D eigenvalue weighted by molar-refractivity contribution is 6.05. The van der Waals surface area contributed by atoms with Gasteiger partial charge in [-0.25, -0.2) is 14.8 Å². The van der Waals surface area contributed by atoms with Crippen LogP contribution in [0.3, 0.4) is 0 Å². The van der Waals surface area contributed by atoms with Crippen molar-refractivity contribution in [2.45, 2.75) is 19.6 Å². The van der Waals surface area contributed by atoms with Crippen LogP contribution in [0.15, 0.2) is 79.1 Å². The van der Waals surface area contributed by atoms with E-state index < -0.39 is 23.7 Å². The largest absolute Gasteiger partial charge is 0.416 e. The van der Waals surface area contributed by atoms with Gasteiger partial charge in [0, 0.05) is 55.4 Å². The molecule has 1 aliphatic heterocycles. The van der Waals surface area contributed by atoms with Gasteiger partial charge in [0.05, 0.1) is 18.8 Å². The van der Waals surface area contributed by atoms with Gasteiger partial charge in [0.25, 0.3) is 5.91 Å². The lowest BCUT2D eigenvalue weighted by molar-refractivity contribution is -0.137. The number of nitrogens with one attached hydrogen (secondary N) is 3. The van der Waals surface area contributed by atoms with Gasteiger partial charge in [-0.2, -0.15) is 13.2 Å². The van der Waals surface area contributed by atoms with E-state index in [1.165, 1.54) is 29.4 Å². The average molecular weight is 620 g/mol. The number of amides is 3. The summed E-state index contributed by atoms with van der Waals surface area (Å²) in [6, 6.07) is 18.1. The van der Waals surface area contributed by atoms with Crippen molar-refractivity contribution >= 4 is 40.6 Å². The predicted molar refractivity (Wildman–Crippen MR) is 166 cm³/mol. The molecule has 0 atom stereocenters. The number of carbonyl (C=O) groups is 2. The maximum Gasteiger partial charge on any atom is 0.416 e. The van der Waals surface area contributed by atoms with E-state index in [2.05, 4.69) is 43.0 Å². The number of anilines is 5. The van der Waals surface area contributed by atoms with Gasteiger partial charge in [-0.3, -0.25) is 14.6 Å². The Morgan fingerprint density at radius 3 is 2.49 bits per heavy atom. The number of nitrogens with zero attached hydrogens (tertiary/aromatic N) is 4. The summed E-state index contributed by atoms with van der Waals surface area (Å²) in [6.45, 7) is 5.82. The second kappa shape index (κ2) is 13.7. The van der Waals surface area contributed by atoms with Crippen LogP contribution in [-0.2, 0) is 17.5 Å². The molecule has 45 heavy (non-hydrogen) atoms. The van der Waals surface area contributed by atoms with Crippen LogP contribution in [0.25, 0.3) is 0 Å². The molecule has 3 N–H and O–H groups in total. The van der Waals surface area contributed by atoms with Crippen LogP contribution in [0.5, 0.6) is 0 Å². The molecule has 0 unspecified atom stereocenters. The van der Waals surface area contributed by atoms with Gasteiger partial charge in [-0.15, -0.1) is 0 Å². The van der Waals surface area contributed by atoms with Crippen molar-refractivity contribution in [1.29, 1.82) is 0 Å². The van der Waals surface area contributed by atoms with E-state index in [4.69, 9.17) is 4.74 Å². The molecule has 1 aromatic heterocycles. The van der Waals surface area contributed by atoms with Crippen LogP contribution in [0.4, 0.5) is 46.7 Å². The van der Waals surface area contributed by atoms with Crippen LogP contribution in [0.2, 0.25) is 0 Å². The number of ether oxygens (including phenoxy) is 1. The molecule has 13 heteroatoms. The summed E-state index contributed by atoms with van der Waals surface area (Å²) in [5.74, 6) is 0.117. The maximum atomic E-state index is 13.2. The molecule has 2 heterocycles. The van der Waals surface area contributed by atoms with Crippen molar-refractivity contribution < 1.29 is 27.5 Å². The first-order valence-corrected chi connectivity index (χ1v) is 14.2. The molecule has 1 fully saturated rings. The molecule has 10 nitrogen and oxygen atoms in total. The molecule has 0 bridgehead atoms. The van der Waals surface area contributed by atoms with E-state index in [0.29, 0.717) is 28.6 Å². The lowest BCUT2D eigenvalue weighted by Crippen LogP contribution is -2.35. The minimum atomic E-state index is -4.57. The van der Waals surface area contributed by atoms with Crippen LogP contribution in [0.1, 0.15) is 27.0 Å². The fraction of sp³-hybridized carbons (Fsp3) is 0.250. The van der Waals surface area contributed by atoms with Crippen LogP contribution in [0, 0.1) is 6.92 Å². The van der Waals surface area contributed by atoms with E-state index >= 15 is 0 Å². The third-order valence-corrected chi connectivity index (χ3v) is 7.20. The molecular weight excluding hydrogens is 587 g/mol. The summed E-state index contributed by atoms with van der Waals surface area (Å²) in [5.41, 5.74) is 2.33. The van der Waals surface area contributed by atoms with Crippen molar-refractivity contribution in [2.75, 3.05) is 54.2 Å². The summed E-state index contributed by atoms with van der Waals surface area (Å²) in [5, 5.41) is 8.66. The highest BCUT2D eigenvalue weighted by Gasteiger charge is 2.31. The Morgan fingerprint density at radius 1 is 0.933 bits per heavy atom. The number of hydrogen-bond acceptors (Lipinski definition) is 7. The first-order chi connectivity index (χ1) is 21.5. The summed E-state index contributed by atoms with van der Waals surface area (Å²) >= 11 is 0. The van der Waals surface area contributed by atoms with E-state index in [-0.39, 0.29) is 5.56 Å². The molecule has 5 rings (SSSR count). The van der Waals surface area contributed by atoms with Gasteiger partial charge in [0.2, 0.25) is 0 Å². The first kappa shape index (κ1) is 31.4. The zero-order valence-corrected chi connectivity index (χ0v) is 24.7. The molecule has 0 spiro atoms. The highest BCUT2D eigenvalue weighted by atomic mass is 19.4. The molecule has 3 aromatic carbocycles. The van der Waals surface area contributed by atoms with E-state index in [1.807, 2.05) is 12.1 Å². The number of rotatable bonds is 8. The van der Waals surface area contributed by atoms with E-state index in [9.17, 15) is 22.8 Å². The zero-order valence-electron chi connectivity index (χ0n) is 24.7. The lowest BCUT2D eigenvalue weighted by atomic mass is 10.1. The Kier molecular flexibility index (Phi) is 9.59. The number of aromatic nitrogens is 2. The van der Waals surface area contributed by atoms with Gasteiger partial charge in [-0.05, 0) is 60.5 Å². The number of hydrogen-bond donors (Lipinski definition) is 3. The van der Waals surface area contributed by atoms with Gasteiger partial charge in [0.1, 0.15) is 18.0 Å². The second-order valence-electron chi connectivity index (χ2n) is 10.5. The van der Waals surface area contributed by atoms with Crippen molar-refractivity contribution in [2.24, 2.45) is 0 Å². The number of alkyl halides is 3. The molecule has 0 radical (unpaired) electrons. The molecule has 3 amide bonds. The number of morpholine rings is 1. The van der Waals surface area contributed by atoms with E-state index in [1.54, 1.807) is 32.2 Å². The predicted octanol–water partition coefficient (Wildman–Crippen LogP) is 6.30. The Balaban J connectivity index is 1.23. The minimum Gasteiger partial charge on any atom is -0.379 e. The fourth-order valence-electron chi connectivity index (χ4n) is 4.69. The summed E-state index contributed by atoms with van der Waals surface area (Å²) in [4.78, 5) is 38.0. The second-order valence-corrected chi connectivity index (χ2v) is 10.5. The minimum absolute atomic E-state index is 0.146. The van der Waals surface area contributed by atoms with Crippen molar-refractivity contribution in [3.63, 3.8) is 0 Å². The highest BCUT2D eigenvalue weighted by Crippen LogP contribution is 2.30. The van der Waals surface area contributed by atoms with Crippen LogP contribution < -0.4 is 20.9 Å². The molecule has 0 saturated carbocycles. The average Bonchev–Trinajstić information content (AvgIpc) is 3.02. The number of benzene rings is 3. The molecule has 234 valence electrons. The van der Waals surface area contributed by atoms with E-state index in [0.717, 1.165) is 56.2 Å². The third kappa shape index (κ3) is 8.34. The number of halogens is 3. The third-order valence-electron chi connectivity index (χ3n) is 7.20. The van der Waals surface area contributed by atoms with Crippen molar-refractivity contribution in [1.82, 2.24) is 14.9 Å². The van der Waals surface area contributed by atoms with Gasteiger partial charge >= 0.3 is 12.2 Å². The van der Waals surface area contributed by atoms with Crippen LogP contribution >= 0.6 is 0 Å². The first-order valence-electron chi connectivity index (χ1n) is 14.2. The molecule has 4 aromatic rings. The molecule has 1 saturated heterocycles. The quantitative estimate of drug-likeness (QED) is 0.212. The van der Waals surface area contributed by atoms with Crippen molar-refractivity contribution in [3.05, 3.63) is 101 Å². The number of aryl methyl sites for hydroxylation is 1. The Morgan fingerprint density at radius 2 is 1.71 bits per heavy atom. The SMILES string of the molecule is Cc1ccc(NC(=O)c2cccc(C(F)(F)F)c2)cc1NC(=O)N(C)c1cc(Nc2cccc(CN3CCOCC3)c2)ncn1. The monoisotopic (exact) mass is 619 g/mol. The normalized spacial score (nSPS) is 13.6. The number of carbonyl (C=O) groups excluding carboxylic acids is 2. The molecule has 0 aliphatic carbocycles. The Bertz CT molecular complexity index is 1680. The van der Waals surface area contributed by atoms with Gasteiger partial charge in [-0.1, -0.05) is 24.3 Å². The molecule has 1 aliphatic rings. The standard InChI is InChI=1S/C32H32F3N7O3/c1-21-9-10-26(39-30(43)23-6-4-7-24(16-23)32(33,34)35)17-27(21)40-31(44)41(2)29-18-28(36-20-37-29)38-25-8-3-5-22(15-25)19-42-11-13-45-14-12-42/h3-10,15-18,20H,11-14,19H2,1-2H3,(H,39,43)(H,40,44)(H,36,37,38). The van der Waals surface area contributed by atoms with Crippen LogP contribution in [-0.4, -0.2) is 60.2 Å². The van der Waals surface area contributed by atoms with Crippen molar-refractivity contribution in [3.8, 4) is 0 Å². The van der Waals surface area contributed by atoms with Gasteiger partial charge in [0.15, 0.2) is 0 Å². The summed E-state index contributed by atoms with van der Waals surface area (Å²) in [7, 11) is 1.55. The number of urea groups is 1. The summed E-state index contributed by atoms with van der Waals surface area (Å²) in [6.07, 6.45) is -3.22. The smallest absolute Gasteiger partial charge is 0.379 e. The maximum absolute atomic E-state index is 13.2. The van der Waals surface area contributed by atoms with Gasteiger partial charge < -0.3 is 20.7 Å². The molecular formula is C32H32F3N7O3. The fourth-order valence-corrected chi connectivity index (χ4v) is 4.69. The zero-order chi connectivity index (χ0) is 32.0.